The number of aryl methyl sites for hydroxylation is 2. The molecule has 79 heavy (non-hydrogen) atoms. The topological polar surface area (TPSA) is 232 Å². The van der Waals surface area contributed by atoms with Gasteiger partial charge in [-0.2, -0.15) is 19.3 Å². The van der Waals surface area contributed by atoms with Gasteiger partial charge in [-0.3, -0.25) is 19.6 Å². The van der Waals surface area contributed by atoms with Gasteiger partial charge in [0.25, 0.3) is 0 Å². The fraction of sp³-hybridized carbons (Fsp3) is 0.527. The molecule has 24 heteroatoms. The van der Waals surface area contributed by atoms with Gasteiger partial charge in [0.2, 0.25) is 23.4 Å². The summed E-state index contributed by atoms with van der Waals surface area (Å²) >= 11 is 13.3. The van der Waals surface area contributed by atoms with Gasteiger partial charge < -0.3 is 38.3 Å². The maximum atomic E-state index is 11.9. The maximum absolute atomic E-state index is 11.9. The number of hydrogen-bond donors (Lipinski definition) is 1. The fourth-order valence-electron chi connectivity index (χ4n) is 6.91. The SMILES string of the molecule is COC(=O)C(C)(C)COc1cc(C)c(-c2cnc(-c3nc(OC(C)C)n(COCC[Si](C)(C)C)n3)c(Cl)c2)cn1.Cc1cc(OCC(C)(C)C(=O)O)ncc1-c1cnc(-c2nc(OC(C)C)n(COCC[Si](C)(C)C)n2)c(Cl)c1. The van der Waals surface area contributed by atoms with Crippen molar-refractivity contribution in [2.24, 2.45) is 10.8 Å². The second-order valence-corrected chi connectivity index (χ2v) is 35.4. The Balaban J connectivity index is 0.000000291. The number of rotatable bonds is 26. The maximum Gasteiger partial charge on any atom is 0.317 e. The van der Waals surface area contributed by atoms with Crippen LogP contribution in [0.3, 0.4) is 0 Å². The molecule has 0 aliphatic rings. The lowest BCUT2D eigenvalue weighted by Gasteiger charge is -2.21. The second-order valence-electron chi connectivity index (χ2n) is 23.4. The smallest absolute Gasteiger partial charge is 0.317 e. The third-order valence-corrected chi connectivity index (χ3v) is 15.7. The van der Waals surface area contributed by atoms with Gasteiger partial charge in [-0.05, 0) is 105 Å². The van der Waals surface area contributed by atoms with E-state index in [2.05, 4.69) is 79.4 Å². The number of esters is 1. The number of carboxylic acids is 1. The van der Waals surface area contributed by atoms with Crippen molar-refractivity contribution in [2.45, 2.75) is 146 Å². The Morgan fingerprint density at radius 3 is 1.34 bits per heavy atom. The summed E-state index contributed by atoms with van der Waals surface area (Å²) in [6.45, 7) is 34.0. The Labute approximate surface area is 476 Å². The monoisotopic (exact) mass is 1160 g/mol. The van der Waals surface area contributed by atoms with Crippen molar-refractivity contribution in [1.82, 2.24) is 49.5 Å². The van der Waals surface area contributed by atoms with Gasteiger partial charge >= 0.3 is 24.0 Å². The number of nitrogens with zero attached hydrogens (tertiary/aromatic N) is 10. The van der Waals surface area contributed by atoms with Crippen molar-refractivity contribution in [3.63, 3.8) is 0 Å². The molecule has 0 bridgehead atoms. The molecule has 0 spiro atoms. The summed E-state index contributed by atoms with van der Waals surface area (Å²) in [7, 11) is -1.06. The normalized spacial score (nSPS) is 12.1. The molecule has 0 aromatic carbocycles. The zero-order chi connectivity index (χ0) is 58.6. The number of carbonyl (C=O) groups excluding carboxylic acids is 1. The number of carbonyl (C=O) groups is 2. The van der Waals surface area contributed by atoms with Crippen LogP contribution in [0.4, 0.5) is 0 Å². The molecule has 6 rings (SSSR count). The summed E-state index contributed by atoms with van der Waals surface area (Å²) in [4.78, 5) is 50.2. The highest BCUT2D eigenvalue weighted by atomic mass is 35.5. The summed E-state index contributed by atoms with van der Waals surface area (Å²) in [6.07, 6.45) is 6.57. The number of methoxy groups -OCH3 is 1. The molecule has 0 atom stereocenters. The van der Waals surface area contributed by atoms with Gasteiger partial charge in [0.05, 0.1) is 40.2 Å². The summed E-state index contributed by atoms with van der Waals surface area (Å²) in [6, 6.07) is 9.96. The van der Waals surface area contributed by atoms with Gasteiger partial charge in [0.15, 0.2) is 0 Å². The van der Waals surface area contributed by atoms with E-state index in [0.29, 0.717) is 70.1 Å². The first-order chi connectivity index (χ1) is 36.9. The van der Waals surface area contributed by atoms with E-state index < -0.39 is 32.9 Å². The third-order valence-electron chi connectivity index (χ3n) is 11.8. The van der Waals surface area contributed by atoms with E-state index in [0.717, 1.165) is 45.5 Å². The highest BCUT2D eigenvalue weighted by Gasteiger charge is 2.31. The quantitative estimate of drug-likeness (QED) is 0.0302. The molecule has 6 heterocycles. The van der Waals surface area contributed by atoms with Crippen LogP contribution in [0.25, 0.3) is 45.3 Å². The average molecular weight is 1170 g/mol. The molecular formula is C55H78Cl2N10O10Si2. The van der Waals surface area contributed by atoms with Crippen molar-refractivity contribution in [3.05, 3.63) is 70.2 Å². The summed E-state index contributed by atoms with van der Waals surface area (Å²) < 4.78 is 42.9. The van der Waals surface area contributed by atoms with Crippen molar-refractivity contribution < 1.29 is 47.9 Å². The zero-order valence-electron chi connectivity index (χ0n) is 48.8. The molecule has 0 radical (unpaired) electrons. The lowest BCUT2D eigenvalue weighted by Crippen LogP contribution is -2.32. The Morgan fingerprint density at radius 1 is 0.620 bits per heavy atom. The van der Waals surface area contributed by atoms with Crippen LogP contribution < -0.4 is 18.9 Å². The number of ether oxygens (including phenoxy) is 7. The molecule has 0 amide bonds. The highest BCUT2D eigenvalue weighted by Crippen LogP contribution is 2.34. The minimum atomic E-state index is -1.21. The van der Waals surface area contributed by atoms with Crippen molar-refractivity contribution >= 4 is 51.3 Å². The van der Waals surface area contributed by atoms with Crippen molar-refractivity contribution in [2.75, 3.05) is 33.5 Å². The highest BCUT2D eigenvalue weighted by molar-refractivity contribution is 6.76. The largest absolute Gasteiger partial charge is 0.481 e. The van der Waals surface area contributed by atoms with Gasteiger partial charge in [0, 0.05) is 88.5 Å². The predicted molar refractivity (Wildman–Crippen MR) is 310 cm³/mol. The van der Waals surface area contributed by atoms with E-state index >= 15 is 0 Å². The Morgan fingerprint density at radius 2 is 1.01 bits per heavy atom. The standard InChI is InChI=1S/C28H40ClN5O5Si.C27H38ClN5O5Si/c1-18(2)39-27-32-25(33-34(27)17-37-10-11-40(7,8)9)24-22(29)13-20(14-31-24)21-15-30-23(12-19(21)3)38-16-28(4,5)26(35)36-6;1-17(2)38-26-31-24(32-33(26)16-36-9-10-39(6,7)8)23-21(28)12-19(13-30-23)20-14-29-22(11-18(20)3)37-15-27(4,5)25(34)35/h12-15,18H,10-11,16-17H2,1-9H3;11-14,17H,9-10,15-16H2,1-8H3,(H,34,35). The number of aliphatic carboxylic acids is 1. The van der Waals surface area contributed by atoms with Crippen LogP contribution in [0.2, 0.25) is 61.4 Å². The molecule has 1 N–H and O–H groups in total. The van der Waals surface area contributed by atoms with Gasteiger partial charge in [-0.15, -0.1) is 10.2 Å². The first kappa shape index (κ1) is 63.8. The van der Waals surface area contributed by atoms with E-state index in [1.165, 1.54) is 7.11 Å². The molecule has 20 nitrogen and oxygen atoms in total. The number of aromatic nitrogens is 10. The molecule has 0 fully saturated rings. The molecule has 6 aromatic heterocycles. The van der Waals surface area contributed by atoms with Gasteiger partial charge in [-0.1, -0.05) is 62.5 Å². The molecule has 0 aliphatic heterocycles. The number of hydrogen-bond acceptors (Lipinski definition) is 17. The molecular weight excluding hydrogens is 1090 g/mol. The van der Waals surface area contributed by atoms with Gasteiger partial charge in [0.1, 0.15) is 38.1 Å². The number of halogens is 2. The molecule has 0 saturated heterocycles. The zero-order valence-corrected chi connectivity index (χ0v) is 52.3. The number of pyridine rings is 4. The van der Waals surface area contributed by atoms with Gasteiger partial charge in [-0.25, -0.2) is 9.97 Å². The molecule has 6 aromatic rings. The van der Waals surface area contributed by atoms with Crippen LogP contribution in [0.5, 0.6) is 23.8 Å². The Bertz CT molecular complexity index is 3030. The summed E-state index contributed by atoms with van der Waals surface area (Å²) in [5.41, 5.74) is 4.05. The van der Waals surface area contributed by atoms with Crippen LogP contribution >= 0.6 is 23.2 Å². The molecule has 0 unspecified atom stereocenters. The van der Waals surface area contributed by atoms with Crippen molar-refractivity contribution in [3.8, 4) is 69.1 Å². The number of carboxylic acid groups (broad SMARTS) is 1. The summed E-state index contributed by atoms with van der Waals surface area (Å²) in [5, 5.41) is 19.2. The fourth-order valence-corrected chi connectivity index (χ4v) is 8.92. The van der Waals surface area contributed by atoms with Crippen molar-refractivity contribution in [1.29, 1.82) is 0 Å². The lowest BCUT2D eigenvalue weighted by atomic mass is 9.95. The van der Waals surface area contributed by atoms with Crippen LogP contribution in [0.1, 0.15) is 66.5 Å². The first-order valence-corrected chi connectivity index (χ1v) is 34.2. The van der Waals surface area contributed by atoms with Crippen LogP contribution in [-0.2, 0) is 37.3 Å². The molecule has 430 valence electrons. The van der Waals surface area contributed by atoms with Crippen LogP contribution in [0, 0.1) is 24.7 Å². The van der Waals surface area contributed by atoms with E-state index in [1.54, 1.807) is 74.0 Å². The summed E-state index contributed by atoms with van der Waals surface area (Å²) in [5.74, 6) is 0.171. The first-order valence-electron chi connectivity index (χ1n) is 26.1. The Hall–Kier alpha value is -6.05. The van der Waals surface area contributed by atoms with E-state index in [9.17, 15) is 14.7 Å². The van der Waals surface area contributed by atoms with Crippen LogP contribution in [-0.4, -0.2) is 128 Å². The minimum absolute atomic E-state index is 0.00170. The van der Waals surface area contributed by atoms with E-state index in [1.807, 2.05) is 53.7 Å². The lowest BCUT2D eigenvalue weighted by molar-refractivity contribution is -0.152. The Kier molecular flexibility index (Phi) is 22.1. The van der Waals surface area contributed by atoms with E-state index in [-0.39, 0.29) is 44.9 Å². The van der Waals surface area contributed by atoms with Crippen LogP contribution in [0.15, 0.2) is 49.1 Å². The third kappa shape index (κ3) is 19.0. The average Bonchev–Trinajstić information content (AvgIpc) is 3.98. The minimum Gasteiger partial charge on any atom is -0.481 e. The predicted octanol–water partition coefficient (Wildman–Crippen LogP) is 12.0. The van der Waals surface area contributed by atoms with E-state index in [4.69, 9.17) is 56.4 Å². The molecule has 0 aliphatic carbocycles. The second kappa shape index (κ2) is 27.4. The molecule has 0 saturated carbocycles.